The molecule has 0 spiro atoms. The second-order valence-corrected chi connectivity index (χ2v) is 3.10. The lowest BCUT2D eigenvalue weighted by Crippen LogP contribution is -1.91. The van der Waals surface area contributed by atoms with Crippen molar-refractivity contribution in [2.24, 2.45) is 10.2 Å². The summed E-state index contributed by atoms with van der Waals surface area (Å²) in [6.07, 6.45) is 6.46. The molecule has 0 rings (SSSR count). The van der Waals surface area contributed by atoms with E-state index in [1.54, 1.807) is 6.21 Å². The first-order valence-electron chi connectivity index (χ1n) is 4.66. The predicted octanol–water partition coefficient (Wildman–Crippen LogP) is 3.53. The first kappa shape index (κ1) is 12.6. The Bertz CT molecular complexity index is 293. The van der Waals surface area contributed by atoms with E-state index in [0.29, 0.717) is 0 Å². The summed E-state index contributed by atoms with van der Waals surface area (Å²) in [5.41, 5.74) is 2.68. The SMILES string of the molecule is C=C(C)/C=C\C(=C)/C(C)=N\N=C\CC. The Kier molecular flexibility index (Phi) is 6.29. The molecular formula is C12H18N2. The summed E-state index contributed by atoms with van der Waals surface area (Å²) in [7, 11) is 0. The van der Waals surface area contributed by atoms with Crippen molar-refractivity contribution in [1.29, 1.82) is 0 Å². The summed E-state index contributed by atoms with van der Waals surface area (Å²) in [5, 5.41) is 7.88. The van der Waals surface area contributed by atoms with Gasteiger partial charge in [-0.15, -0.1) is 0 Å². The third-order valence-corrected chi connectivity index (χ3v) is 1.51. The first-order valence-corrected chi connectivity index (χ1v) is 4.66. The molecular weight excluding hydrogens is 172 g/mol. The van der Waals surface area contributed by atoms with Crippen molar-refractivity contribution in [3.05, 3.63) is 36.5 Å². The van der Waals surface area contributed by atoms with E-state index in [4.69, 9.17) is 0 Å². The second-order valence-electron chi connectivity index (χ2n) is 3.10. The number of hydrogen-bond donors (Lipinski definition) is 0. The molecule has 0 aromatic carbocycles. The van der Waals surface area contributed by atoms with Crippen LogP contribution in [0, 0.1) is 0 Å². The summed E-state index contributed by atoms with van der Waals surface area (Å²) in [4.78, 5) is 0. The fourth-order valence-electron chi connectivity index (χ4n) is 0.637. The molecule has 0 aromatic rings. The molecule has 0 saturated heterocycles. The fourth-order valence-corrected chi connectivity index (χ4v) is 0.637. The standard InChI is InChI=1S/C12H18N2/c1-6-9-13-14-12(5)11(4)8-7-10(2)3/h7-9H,2,4,6H2,1,3,5H3/b8-7-,13-9+,14-12-. The lowest BCUT2D eigenvalue weighted by atomic mass is 10.1. The minimum absolute atomic E-state index is 0.826. The Morgan fingerprint density at radius 3 is 2.36 bits per heavy atom. The molecule has 0 bridgehead atoms. The summed E-state index contributed by atoms with van der Waals surface area (Å²) in [6.45, 7) is 13.5. The van der Waals surface area contributed by atoms with Crippen molar-refractivity contribution in [3.8, 4) is 0 Å². The molecule has 0 N–H and O–H groups in total. The molecule has 0 atom stereocenters. The summed E-state index contributed by atoms with van der Waals surface area (Å²) in [6, 6.07) is 0. The molecule has 76 valence electrons. The van der Waals surface area contributed by atoms with E-state index in [2.05, 4.69) is 23.4 Å². The number of hydrogen-bond acceptors (Lipinski definition) is 2. The van der Waals surface area contributed by atoms with Crippen molar-refractivity contribution in [3.63, 3.8) is 0 Å². The molecule has 0 aliphatic rings. The van der Waals surface area contributed by atoms with Crippen molar-refractivity contribution < 1.29 is 0 Å². The van der Waals surface area contributed by atoms with E-state index in [9.17, 15) is 0 Å². The van der Waals surface area contributed by atoms with Crippen LogP contribution in [0.2, 0.25) is 0 Å². The molecule has 0 amide bonds. The van der Waals surface area contributed by atoms with Crippen LogP contribution >= 0.6 is 0 Å². The van der Waals surface area contributed by atoms with Gasteiger partial charge in [-0.1, -0.05) is 37.8 Å². The van der Waals surface area contributed by atoms with Crippen molar-refractivity contribution in [2.75, 3.05) is 0 Å². The monoisotopic (exact) mass is 190 g/mol. The molecule has 0 fully saturated rings. The average molecular weight is 190 g/mol. The van der Waals surface area contributed by atoms with Crippen LogP contribution in [-0.4, -0.2) is 11.9 Å². The molecule has 2 heteroatoms. The molecule has 0 aliphatic carbocycles. The zero-order valence-electron chi connectivity index (χ0n) is 9.25. The highest BCUT2D eigenvalue weighted by Gasteiger charge is 1.92. The van der Waals surface area contributed by atoms with Gasteiger partial charge in [-0.2, -0.15) is 10.2 Å². The molecule has 0 aliphatic heterocycles. The van der Waals surface area contributed by atoms with Gasteiger partial charge in [0.1, 0.15) is 0 Å². The lowest BCUT2D eigenvalue weighted by molar-refractivity contribution is 1.20. The summed E-state index contributed by atoms with van der Waals surface area (Å²) >= 11 is 0. The molecule has 0 unspecified atom stereocenters. The summed E-state index contributed by atoms with van der Waals surface area (Å²) in [5.74, 6) is 0. The number of nitrogens with zero attached hydrogens (tertiary/aromatic N) is 2. The van der Waals surface area contributed by atoms with Gasteiger partial charge in [-0.3, -0.25) is 0 Å². The van der Waals surface area contributed by atoms with Crippen LogP contribution in [0.5, 0.6) is 0 Å². The zero-order chi connectivity index (χ0) is 11.0. The Hall–Kier alpha value is -1.44. The predicted molar refractivity (Wildman–Crippen MR) is 65.0 cm³/mol. The zero-order valence-corrected chi connectivity index (χ0v) is 9.25. The highest BCUT2D eigenvalue weighted by molar-refractivity contribution is 6.00. The molecule has 14 heavy (non-hydrogen) atoms. The van der Waals surface area contributed by atoms with Gasteiger partial charge in [0.2, 0.25) is 0 Å². The van der Waals surface area contributed by atoms with E-state index in [1.807, 2.05) is 32.9 Å². The Morgan fingerprint density at radius 2 is 1.86 bits per heavy atom. The minimum atomic E-state index is 0.826. The minimum Gasteiger partial charge on any atom is -0.163 e. The van der Waals surface area contributed by atoms with Gasteiger partial charge in [0.25, 0.3) is 0 Å². The van der Waals surface area contributed by atoms with Gasteiger partial charge in [0, 0.05) is 6.21 Å². The van der Waals surface area contributed by atoms with Crippen molar-refractivity contribution in [2.45, 2.75) is 27.2 Å². The third kappa shape index (κ3) is 6.12. The molecule has 0 aromatic heterocycles. The highest BCUT2D eigenvalue weighted by Crippen LogP contribution is 2.00. The fraction of sp³-hybridized carbons (Fsp3) is 0.333. The van der Waals surface area contributed by atoms with Crippen LogP contribution in [0.4, 0.5) is 0 Å². The van der Waals surface area contributed by atoms with Crippen LogP contribution in [0.1, 0.15) is 27.2 Å². The topological polar surface area (TPSA) is 24.7 Å². The molecule has 0 radical (unpaired) electrons. The number of allylic oxidation sites excluding steroid dienone is 4. The summed E-state index contributed by atoms with van der Waals surface area (Å²) < 4.78 is 0. The maximum atomic E-state index is 4.00. The van der Waals surface area contributed by atoms with Gasteiger partial charge in [-0.05, 0) is 25.8 Å². The smallest absolute Gasteiger partial charge is 0.0665 e. The van der Waals surface area contributed by atoms with Crippen LogP contribution < -0.4 is 0 Å². The number of rotatable bonds is 5. The first-order chi connectivity index (χ1) is 6.57. The van der Waals surface area contributed by atoms with Crippen LogP contribution in [0.3, 0.4) is 0 Å². The molecule has 2 nitrogen and oxygen atoms in total. The van der Waals surface area contributed by atoms with Crippen molar-refractivity contribution in [1.82, 2.24) is 0 Å². The van der Waals surface area contributed by atoms with Gasteiger partial charge < -0.3 is 0 Å². The third-order valence-electron chi connectivity index (χ3n) is 1.51. The van der Waals surface area contributed by atoms with Gasteiger partial charge in [-0.25, -0.2) is 0 Å². The average Bonchev–Trinajstić information content (AvgIpc) is 2.14. The highest BCUT2D eigenvalue weighted by atomic mass is 15.2. The van der Waals surface area contributed by atoms with E-state index in [1.165, 1.54) is 0 Å². The Balaban J connectivity index is 4.32. The van der Waals surface area contributed by atoms with Crippen LogP contribution in [0.25, 0.3) is 0 Å². The normalized spacial score (nSPS) is 12.6. The van der Waals surface area contributed by atoms with E-state index < -0.39 is 0 Å². The molecule has 0 saturated carbocycles. The maximum absolute atomic E-state index is 4.00. The molecule has 0 heterocycles. The lowest BCUT2D eigenvalue weighted by Gasteiger charge is -1.95. The Labute approximate surface area is 86.4 Å². The quantitative estimate of drug-likeness (QED) is 0.360. The van der Waals surface area contributed by atoms with E-state index in [0.717, 1.165) is 23.3 Å². The van der Waals surface area contributed by atoms with Crippen LogP contribution in [0.15, 0.2) is 46.7 Å². The Morgan fingerprint density at radius 1 is 1.21 bits per heavy atom. The largest absolute Gasteiger partial charge is 0.163 e. The van der Waals surface area contributed by atoms with Gasteiger partial charge in [0.05, 0.1) is 5.71 Å². The van der Waals surface area contributed by atoms with E-state index in [-0.39, 0.29) is 0 Å². The van der Waals surface area contributed by atoms with Gasteiger partial charge in [0.15, 0.2) is 0 Å². The van der Waals surface area contributed by atoms with Crippen molar-refractivity contribution >= 4 is 11.9 Å². The second kappa shape index (κ2) is 7.01. The van der Waals surface area contributed by atoms with Crippen LogP contribution in [-0.2, 0) is 0 Å². The van der Waals surface area contributed by atoms with Gasteiger partial charge >= 0.3 is 0 Å². The van der Waals surface area contributed by atoms with E-state index >= 15 is 0 Å². The maximum Gasteiger partial charge on any atom is 0.0665 e.